The van der Waals surface area contributed by atoms with Gasteiger partial charge in [-0.2, -0.15) is 0 Å². The molecule has 0 spiro atoms. The fourth-order valence-corrected chi connectivity index (χ4v) is 16.0. The van der Waals surface area contributed by atoms with Crippen molar-refractivity contribution in [2.24, 2.45) is 0 Å². The molecule has 1 aliphatic rings. The summed E-state index contributed by atoms with van der Waals surface area (Å²) in [6.45, 7) is 32.9. The minimum atomic E-state index is -3.32. The minimum Gasteiger partial charge on any atom is -0.508 e. The Morgan fingerprint density at radius 3 is 1.16 bits per heavy atom. The number of fused-ring (bicyclic) bond motifs is 6. The molecule has 0 aliphatic carbocycles. The molecule has 0 fully saturated rings. The first-order valence-corrected chi connectivity index (χ1v) is 33.4. The number of hydrogen-bond donors (Lipinski definition) is 4. The maximum absolute atomic E-state index is 14.8. The highest BCUT2D eigenvalue weighted by molar-refractivity contribution is 7.68. The number of aryl methyl sites for hydroxylation is 8. The maximum Gasteiger partial charge on any atom is 0.597 e. The van der Waals surface area contributed by atoms with E-state index in [9.17, 15) is 24.4 Å². The Balaban J connectivity index is 0.000000173. The predicted molar refractivity (Wildman–Crippen MR) is 380 cm³/mol. The first kappa shape index (κ1) is 68.2. The van der Waals surface area contributed by atoms with Crippen molar-refractivity contribution >= 4 is 41.8 Å². The highest BCUT2D eigenvalue weighted by atomic mass is 31.2. The molecule has 10 aromatic carbocycles. The second kappa shape index (κ2) is 26.7. The number of rotatable bonds is 8. The Morgan fingerprint density at radius 1 is 0.385 bits per heavy atom. The number of benzene rings is 10. The third kappa shape index (κ3) is 13.7. The normalized spacial score (nSPS) is 13.8. The third-order valence-corrected chi connectivity index (χ3v) is 22.7. The fourth-order valence-electron chi connectivity index (χ4n) is 12.3. The fraction of sp³-hybridized carbons (Fsp3) is 0.259. The molecule has 4 N–H and O–H groups in total. The zero-order valence-corrected chi connectivity index (χ0v) is 56.7. The molecule has 0 saturated heterocycles. The van der Waals surface area contributed by atoms with Crippen LogP contribution in [0.2, 0.25) is 0 Å². The van der Waals surface area contributed by atoms with Crippen LogP contribution in [0.3, 0.4) is 0 Å². The van der Waals surface area contributed by atoms with Crippen molar-refractivity contribution in [1.29, 1.82) is 0 Å². The predicted octanol–water partition coefficient (Wildman–Crippen LogP) is 22.2. The SMILES string of the molecule is C.Cc1cc(C(C)(C)c2ccc(C(C)(C)P3(=O)Oc4ccccc4-c4ccccc43)cc2)cc(C)c1O.Cc1cc(C(C)(C)c2ccc(C(C)(C)c3cc(C)c(O)c(C)c3)cc2)cc(C)c1O.Cc1cc(C)cc(O)c1.O=[p+]1oc2ccccc2c2ccccc21. The van der Waals surface area contributed by atoms with Gasteiger partial charge < -0.3 is 24.9 Å². The number of aromatic hydroxyl groups is 4. The van der Waals surface area contributed by atoms with Crippen LogP contribution in [0.15, 0.2) is 204 Å². The summed E-state index contributed by atoms with van der Waals surface area (Å²) in [7, 11) is -5.06. The Hall–Kier alpha value is -8.67. The smallest absolute Gasteiger partial charge is 0.508 e. The Morgan fingerprint density at radius 2 is 0.736 bits per heavy atom. The monoisotopic (exact) mass is 1250 g/mol. The molecule has 470 valence electrons. The van der Waals surface area contributed by atoms with Gasteiger partial charge in [0.25, 0.3) is 7.37 Å². The van der Waals surface area contributed by atoms with Gasteiger partial charge in [0.05, 0.1) is 10.5 Å². The van der Waals surface area contributed by atoms with E-state index in [0.717, 1.165) is 93.5 Å². The van der Waals surface area contributed by atoms with E-state index in [2.05, 4.69) is 126 Å². The van der Waals surface area contributed by atoms with E-state index in [1.54, 1.807) is 12.1 Å². The molecule has 12 rings (SSSR count). The summed E-state index contributed by atoms with van der Waals surface area (Å²) in [5.74, 6) is 2.14. The van der Waals surface area contributed by atoms with Crippen molar-refractivity contribution in [2.45, 2.75) is 140 Å². The topological polar surface area (TPSA) is 137 Å². The average Bonchev–Trinajstić information content (AvgIpc) is 0.731. The van der Waals surface area contributed by atoms with Gasteiger partial charge in [-0.05, 0) is 205 Å². The van der Waals surface area contributed by atoms with Crippen LogP contribution >= 0.6 is 15.0 Å². The van der Waals surface area contributed by atoms with Gasteiger partial charge in [-0.3, -0.25) is 4.57 Å². The summed E-state index contributed by atoms with van der Waals surface area (Å²) in [5.41, 5.74) is 17.8. The van der Waals surface area contributed by atoms with Gasteiger partial charge in [0.15, 0.2) is 5.58 Å². The van der Waals surface area contributed by atoms with Gasteiger partial charge in [0.1, 0.15) is 28.7 Å². The number of para-hydroxylation sites is 2. The van der Waals surface area contributed by atoms with Gasteiger partial charge in [-0.1, -0.05) is 207 Å². The lowest BCUT2D eigenvalue weighted by atomic mass is 9.74. The zero-order chi connectivity index (χ0) is 65.4. The maximum atomic E-state index is 14.8. The van der Waals surface area contributed by atoms with E-state index in [4.69, 9.17) is 13.8 Å². The summed E-state index contributed by atoms with van der Waals surface area (Å²) >= 11 is 0. The molecule has 0 saturated carbocycles. The van der Waals surface area contributed by atoms with E-state index >= 15 is 0 Å². The van der Waals surface area contributed by atoms with Crippen LogP contribution < -0.4 is 9.83 Å². The molecule has 1 aromatic heterocycles. The lowest BCUT2D eigenvalue weighted by molar-refractivity contribution is 0.456. The lowest BCUT2D eigenvalue weighted by Crippen LogP contribution is -2.31. The summed E-state index contributed by atoms with van der Waals surface area (Å²) in [6.07, 6.45) is 0. The van der Waals surface area contributed by atoms with Crippen LogP contribution in [0.5, 0.6) is 28.7 Å². The molecule has 2 heterocycles. The summed E-state index contributed by atoms with van der Waals surface area (Å²) < 4.78 is 38.3. The van der Waals surface area contributed by atoms with Crippen LogP contribution in [0.1, 0.15) is 146 Å². The molecule has 11 aromatic rings. The largest absolute Gasteiger partial charge is 0.597 e. The molecule has 0 bridgehead atoms. The molecule has 2 atom stereocenters. The molecule has 0 amide bonds. The van der Waals surface area contributed by atoms with Gasteiger partial charge in [-0.25, -0.2) is 4.20 Å². The molecular weight excluding hydrogens is 1160 g/mol. The number of phenols is 4. The van der Waals surface area contributed by atoms with E-state index in [0.29, 0.717) is 34.3 Å². The molecule has 2 unspecified atom stereocenters. The van der Waals surface area contributed by atoms with E-state index in [-0.39, 0.29) is 23.7 Å². The third-order valence-electron chi connectivity index (χ3n) is 18.3. The summed E-state index contributed by atoms with van der Waals surface area (Å²) in [5, 5.41) is 42.4. The van der Waals surface area contributed by atoms with E-state index in [1.165, 1.54) is 22.3 Å². The van der Waals surface area contributed by atoms with Crippen LogP contribution in [-0.4, -0.2) is 20.4 Å². The van der Waals surface area contributed by atoms with Crippen molar-refractivity contribution in [2.75, 3.05) is 0 Å². The Labute approximate surface area is 540 Å². The Kier molecular flexibility index (Phi) is 20.0. The van der Waals surface area contributed by atoms with E-state index in [1.807, 2.05) is 172 Å². The van der Waals surface area contributed by atoms with Crippen LogP contribution in [-0.2, 0) is 30.5 Å². The van der Waals surface area contributed by atoms with Crippen LogP contribution in [0.4, 0.5) is 0 Å². The van der Waals surface area contributed by atoms with Crippen LogP contribution in [0.25, 0.3) is 32.6 Å². The molecule has 0 radical (unpaired) electrons. The highest BCUT2D eigenvalue weighted by Crippen LogP contribution is 2.66. The van der Waals surface area contributed by atoms with Gasteiger partial charge in [0.2, 0.25) is 5.12 Å². The van der Waals surface area contributed by atoms with Gasteiger partial charge in [-0.15, -0.1) is 0 Å². The number of phenolic OH excluding ortho intramolecular Hbond substituents is 4. The summed E-state index contributed by atoms with van der Waals surface area (Å²) in [6, 6.07) is 66.3. The quantitative estimate of drug-likeness (QED) is 0.0872. The molecule has 1 aliphatic heterocycles. The standard InChI is InChI=1S/C32H33O3P.C28H34O2.C12H8O2P.C8H10O.CH4/c1-21-19-25(20-22(2)30(21)33)31(3,4)23-15-17-24(18-16-23)32(5,6)36(34)29-14-10-8-12-27(29)26-11-7-9-13-28(26)35-36;1-17-13-23(14-18(2)25(17)29)27(5,6)21-9-11-22(12-10-21)28(7,8)24-15-19(3)26(30)20(4)16-24;13-15-12-8-4-2-6-10(12)9-5-1-3-7-11(9)14-15;1-6-3-7(2)5-8(9)4-6;/h7-20,33H,1-6H3;9-16,29-30H,1-8H3;1-8H;3-5,9H,1-2H3;1H4/q;;+1;;. The first-order chi connectivity index (χ1) is 42.4. The van der Waals surface area contributed by atoms with Gasteiger partial charge >= 0.3 is 7.65 Å². The number of hydrogen-bond acceptors (Lipinski definition) is 8. The first-order valence-electron chi connectivity index (χ1n) is 30.6. The van der Waals surface area contributed by atoms with Crippen molar-refractivity contribution in [3.63, 3.8) is 0 Å². The van der Waals surface area contributed by atoms with Crippen LogP contribution in [0, 0.1) is 55.4 Å². The second-order valence-electron chi connectivity index (χ2n) is 26.3. The molecular formula is C81H89O8P2+. The van der Waals surface area contributed by atoms with Crippen molar-refractivity contribution in [3.8, 4) is 39.9 Å². The second-order valence-corrected chi connectivity index (χ2v) is 30.4. The minimum absolute atomic E-state index is 0. The van der Waals surface area contributed by atoms with Crippen molar-refractivity contribution in [1.82, 2.24) is 0 Å². The lowest BCUT2D eigenvalue weighted by Gasteiger charge is -2.39. The Bertz CT molecular complexity index is 4380. The van der Waals surface area contributed by atoms with E-state index < -0.39 is 20.2 Å². The average molecular weight is 1250 g/mol. The van der Waals surface area contributed by atoms with Gasteiger partial charge in [0, 0.05) is 32.6 Å². The zero-order valence-electron chi connectivity index (χ0n) is 54.9. The highest BCUT2D eigenvalue weighted by Gasteiger charge is 2.49. The van der Waals surface area contributed by atoms with Crippen molar-refractivity contribution < 1.29 is 38.3 Å². The molecule has 91 heavy (non-hydrogen) atoms. The summed E-state index contributed by atoms with van der Waals surface area (Å²) in [4.78, 5) is 0. The molecule has 10 heteroatoms. The van der Waals surface area contributed by atoms with Crippen molar-refractivity contribution in [3.05, 3.63) is 284 Å². The molecule has 8 nitrogen and oxygen atoms in total.